The summed E-state index contributed by atoms with van der Waals surface area (Å²) in [4.78, 5) is 18.3. The average Bonchev–Trinajstić information content (AvgIpc) is 3.46. The van der Waals surface area contributed by atoms with E-state index in [2.05, 4.69) is 70.0 Å². The molecule has 0 radical (unpaired) electrons. The van der Waals surface area contributed by atoms with E-state index in [-0.39, 0.29) is 5.92 Å². The number of hydrogen-bond acceptors (Lipinski definition) is 5. The van der Waals surface area contributed by atoms with Gasteiger partial charge in [0, 0.05) is 47.4 Å². The van der Waals surface area contributed by atoms with Gasteiger partial charge in [-0.05, 0) is 75.5 Å². The number of aromatic nitrogens is 3. The number of carboxylic acid groups (broad SMARTS) is 1. The Labute approximate surface area is 199 Å². The lowest BCUT2D eigenvalue weighted by molar-refractivity contribution is -0.143. The third-order valence-corrected chi connectivity index (χ3v) is 6.74. The van der Waals surface area contributed by atoms with E-state index in [0.29, 0.717) is 24.3 Å². The molecule has 1 saturated heterocycles. The van der Waals surface area contributed by atoms with Gasteiger partial charge in [0.25, 0.3) is 5.89 Å². The molecule has 2 aromatic carbocycles. The maximum absolute atomic E-state index is 11.4. The summed E-state index contributed by atoms with van der Waals surface area (Å²) < 4.78 is 7.86. The van der Waals surface area contributed by atoms with E-state index in [1.165, 1.54) is 5.52 Å². The molecule has 0 spiro atoms. The molecule has 1 atom stereocenters. The van der Waals surface area contributed by atoms with E-state index in [1.807, 2.05) is 19.1 Å². The highest BCUT2D eigenvalue weighted by Crippen LogP contribution is 2.29. The maximum Gasteiger partial charge on any atom is 0.307 e. The van der Waals surface area contributed by atoms with Gasteiger partial charge in [0.15, 0.2) is 0 Å². The second kappa shape index (κ2) is 9.06. The van der Waals surface area contributed by atoms with E-state index in [9.17, 15) is 9.90 Å². The Balaban J connectivity index is 1.34. The summed E-state index contributed by atoms with van der Waals surface area (Å²) in [7, 11) is 0. The number of piperidine rings is 1. The molecule has 1 aliphatic heterocycles. The third-order valence-electron chi connectivity index (χ3n) is 6.74. The maximum atomic E-state index is 11.4. The third kappa shape index (κ3) is 4.35. The first kappa shape index (κ1) is 22.3. The van der Waals surface area contributed by atoms with Gasteiger partial charge in [0.1, 0.15) is 0 Å². The van der Waals surface area contributed by atoms with Crippen LogP contribution in [0.1, 0.15) is 43.9 Å². The normalized spacial score (nSPS) is 17.0. The summed E-state index contributed by atoms with van der Waals surface area (Å²) in [5.74, 6) is 0.115. The molecule has 7 heteroatoms. The lowest BCUT2D eigenvalue weighted by Gasteiger charge is -2.30. The Morgan fingerprint density at radius 2 is 2.06 bits per heavy atom. The highest BCUT2D eigenvalue weighted by atomic mass is 16.5. The van der Waals surface area contributed by atoms with Gasteiger partial charge in [-0.3, -0.25) is 9.69 Å². The molecular formula is C27H30N4O3. The quantitative estimate of drug-likeness (QED) is 0.408. The molecule has 1 fully saturated rings. The molecule has 5 rings (SSSR count). The summed E-state index contributed by atoms with van der Waals surface area (Å²) in [5, 5.41) is 14.7. The molecule has 4 aromatic rings. The monoisotopic (exact) mass is 458 g/mol. The molecule has 1 aliphatic rings. The van der Waals surface area contributed by atoms with Crippen molar-refractivity contribution >= 4 is 16.9 Å². The number of hydrogen-bond donors (Lipinski definition) is 1. The molecule has 34 heavy (non-hydrogen) atoms. The van der Waals surface area contributed by atoms with Crippen molar-refractivity contribution in [2.75, 3.05) is 13.1 Å². The molecule has 2 aromatic heterocycles. The summed E-state index contributed by atoms with van der Waals surface area (Å²) >= 11 is 0. The smallest absolute Gasteiger partial charge is 0.307 e. The Kier molecular flexibility index (Phi) is 5.96. The highest BCUT2D eigenvalue weighted by molar-refractivity contribution is 5.84. The van der Waals surface area contributed by atoms with Crippen molar-refractivity contribution in [1.29, 1.82) is 0 Å². The van der Waals surface area contributed by atoms with Crippen LogP contribution < -0.4 is 0 Å². The summed E-state index contributed by atoms with van der Waals surface area (Å²) in [6, 6.07) is 15.0. The van der Waals surface area contributed by atoms with Crippen LogP contribution in [-0.4, -0.2) is 43.8 Å². The Morgan fingerprint density at radius 1 is 1.21 bits per heavy atom. The Morgan fingerprint density at radius 3 is 2.82 bits per heavy atom. The lowest BCUT2D eigenvalue weighted by atomic mass is 9.97. The fourth-order valence-corrected chi connectivity index (χ4v) is 4.93. The van der Waals surface area contributed by atoms with Crippen molar-refractivity contribution in [2.45, 2.75) is 46.2 Å². The Hall–Kier alpha value is -3.45. The molecule has 176 valence electrons. The van der Waals surface area contributed by atoms with Crippen LogP contribution in [0.5, 0.6) is 0 Å². The van der Waals surface area contributed by atoms with Crippen molar-refractivity contribution in [3.63, 3.8) is 0 Å². The second-order valence-electron chi connectivity index (χ2n) is 9.58. The zero-order chi connectivity index (χ0) is 23.8. The fraction of sp³-hybridized carbons (Fsp3) is 0.370. The number of aliphatic carboxylic acids is 1. The number of rotatable bonds is 6. The van der Waals surface area contributed by atoms with Crippen LogP contribution in [0.15, 0.2) is 53.2 Å². The van der Waals surface area contributed by atoms with Crippen LogP contribution >= 0.6 is 0 Å². The zero-order valence-electron chi connectivity index (χ0n) is 19.9. The van der Waals surface area contributed by atoms with Crippen LogP contribution in [0.25, 0.3) is 33.7 Å². The largest absolute Gasteiger partial charge is 0.481 e. The van der Waals surface area contributed by atoms with Gasteiger partial charge in [-0.2, -0.15) is 4.98 Å². The van der Waals surface area contributed by atoms with Gasteiger partial charge in [-0.15, -0.1) is 0 Å². The predicted molar refractivity (Wildman–Crippen MR) is 131 cm³/mol. The SMILES string of the molecule is Cc1cc(CN2CCC[C@H](C(=O)O)C2)ccc1-c1noc(-c2ccc3c(ccn3C(C)C)c2)n1. The standard InChI is InChI=1S/C27H30N4O3/c1-17(2)31-12-10-20-14-21(7-9-24(20)31)26-28-25(29-34-26)23-8-6-19(13-18(23)3)15-30-11-4-5-22(16-30)27(32)33/h6-10,12-14,17,22H,4-5,11,15-16H2,1-3H3,(H,32,33)/t22-/m0/s1. The summed E-state index contributed by atoms with van der Waals surface area (Å²) in [6.07, 6.45) is 3.79. The number of likely N-dealkylation sites (tertiary alicyclic amines) is 1. The van der Waals surface area contributed by atoms with Crippen molar-refractivity contribution in [2.24, 2.45) is 5.92 Å². The molecule has 0 aliphatic carbocycles. The topological polar surface area (TPSA) is 84.4 Å². The number of aryl methyl sites for hydroxylation is 1. The minimum atomic E-state index is -0.694. The molecule has 1 N–H and O–H groups in total. The number of benzene rings is 2. The summed E-state index contributed by atoms with van der Waals surface area (Å²) in [6.45, 7) is 8.68. The van der Waals surface area contributed by atoms with Crippen LogP contribution in [0.4, 0.5) is 0 Å². The minimum absolute atomic E-state index is 0.268. The predicted octanol–water partition coefficient (Wildman–Crippen LogP) is 5.54. The molecule has 0 amide bonds. The molecule has 0 unspecified atom stereocenters. The number of nitrogens with zero attached hydrogens (tertiary/aromatic N) is 4. The van der Waals surface area contributed by atoms with Crippen LogP contribution in [0.2, 0.25) is 0 Å². The Bertz CT molecular complexity index is 1340. The second-order valence-corrected chi connectivity index (χ2v) is 9.58. The van der Waals surface area contributed by atoms with E-state index >= 15 is 0 Å². The van der Waals surface area contributed by atoms with Gasteiger partial charge in [0.05, 0.1) is 5.92 Å². The van der Waals surface area contributed by atoms with Crippen LogP contribution in [0.3, 0.4) is 0 Å². The fourth-order valence-electron chi connectivity index (χ4n) is 4.93. The van der Waals surface area contributed by atoms with Gasteiger partial charge in [-0.25, -0.2) is 0 Å². The number of carboxylic acids is 1. The van der Waals surface area contributed by atoms with Crippen molar-refractivity contribution in [1.82, 2.24) is 19.6 Å². The summed E-state index contributed by atoms with van der Waals surface area (Å²) in [5.41, 5.74) is 5.26. The molecule has 3 heterocycles. The first-order valence-corrected chi connectivity index (χ1v) is 11.9. The van der Waals surface area contributed by atoms with Crippen molar-refractivity contribution in [3.05, 3.63) is 59.8 Å². The molecule has 0 bridgehead atoms. The van der Waals surface area contributed by atoms with E-state index < -0.39 is 5.97 Å². The van der Waals surface area contributed by atoms with E-state index in [0.717, 1.165) is 53.6 Å². The van der Waals surface area contributed by atoms with Crippen molar-refractivity contribution < 1.29 is 14.4 Å². The van der Waals surface area contributed by atoms with Crippen LogP contribution in [-0.2, 0) is 11.3 Å². The number of fused-ring (bicyclic) bond motifs is 1. The van der Waals surface area contributed by atoms with Crippen molar-refractivity contribution in [3.8, 4) is 22.8 Å². The first-order chi connectivity index (χ1) is 16.4. The first-order valence-electron chi connectivity index (χ1n) is 11.9. The van der Waals surface area contributed by atoms with Gasteiger partial charge < -0.3 is 14.2 Å². The van der Waals surface area contributed by atoms with E-state index in [1.54, 1.807) is 0 Å². The number of carbonyl (C=O) groups is 1. The van der Waals surface area contributed by atoms with Gasteiger partial charge in [0.2, 0.25) is 5.82 Å². The molecule has 7 nitrogen and oxygen atoms in total. The highest BCUT2D eigenvalue weighted by Gasteiger charge is 2.25. The van der Waals surface area contributed by atoms with Gasteiger partial charge >= 0.3 is 5.97 Å². The van der Waals surface area contributed by atoms with Gasteiger partial charge in [-0.1, -0.05) is 23.4 Å². The minimum Gasteiger partial charge on any atom is -0.481 e. The lowest BCUT2D eigenvalue weighted by Crippen LogP contribution is -2.38. The van der Waals surface area contributed by atoms with E-state index in [4.69, 9.17) is 4.52 Å². The zero-order valence-corrected chi connectivity index (χ0v) is 19.9. The average molecular weight is 459 g/mol. The van der Waals surface area contributed by atoms with Crippen LogP contribution in [0, 0.1) is 12.8 Å². The molecular weight excluding hydrogens is 428 g/mol. The molecule has 0 saturated carbocycles.